The van der Waals surface area contributed by atoms with Gasteiger partial charge < -0.3 is 9.64 Å². The fourth-order valence-electron chi connectivity index (χ4n) is 7.60. The maximum atomic E-state index is 15.5. The van der Waals surface area contributed by atoms with Gasteiger partial charge in [0, 0.05) is 42.6 Å². The van der Waals surface area contributed by atoms with Crippen LogP contribution >= 0.6 is 15.9 Å². The van der Waals surface area contributed by atoms with Gasteiger partial charge in [-0.15, -0.1) is 0 Å². The molecule has 0 saturated carbocycles. The fraction of sp³-hybridized carbons (Fsp3) is 0.438. The van der Waals surface area contributed by atoms with E-state index in [-0.39, 0.29) is 45.8 Å². The van der Waals surface area contributed by atoms with Crippen molar-refractivity contribution in [2.75, 3.05) is 37.7 Å². The molecule has 2 bridgehead atoms. The average molecular weight is 641 g/mol. The second-order valence-electron chi connectivity index (χ2n) is 12.5. The second kappa shape index (κ2) is 10.3. The van der Waals surface area contributed by atoms with Crippen molar-refractivity contribution in [1.82, 2.24) is 19.8 Å². The van der Waals surface area contributed by atoms with Crippen molar-refractivity contribution < 1.29 is 17.9 Å². The summed E-state index contributed by atoms with van der Waals surface area (Å²) in [6.45, 7) is 7.39. The zero-order valence-electron chi connectivity index (χ0n) is 23.7. The van der Waals surface area contributed by atoms with Gasteiger partial charge >= 0.3 is 6.01 Å². The molecule has 4 aliphatic rings. The summed E-state index contributed by atoms with van der Waals surface area (Å²) in [5, 5.41) is 0.305. The molecule has 5 heterocycles. The van der Waals surface area contributed by atoms with E-state index >= 15 is 4.39 Å². The molecular weight excluding hydrogens is 607 g/mol. The summed E-state index contributed by atoms with van der Waals surface area (Å²) >= 11 is 3.04. The third-order valence-corrected chi connectivity index (χ3v) is 10.3. The van der Waals surface area contributed by atoms with Gasteiger partial charge in [-0.1, -0.05) is 42.5 Å². The highest BCUT2D eigenvalue weighted by Gasteiger charge is 2.48. The normalized spacial score (nSPS) is 27.0. The number of nitrogens with zero attached hydrogens (tertiary/aromatic N) is 5. The maximum Gasteiger partial charge on any atom is 0.319 e. The Bertz CT molecular complexity index is 1580. The van der Waals surface area contributed by atoms with Gasteiger partial charge in [-0.25, -0.2) is 13.2 Å². The first-order chi connectivity index (χ1) is 20.2. The van der Waals surface area contributed by atoms with Gasteiger partial charge in [0.1, 0.15) is 23.8 Å². The van der Waals surface area contributed by atoms with E-state index < -0.39 is 11.6 Å². The molecule has 10 heteroatoms. The molecule has 0 radical (unpaired) electrons. The van der Waals surface area contributed by atoms with Crippen molar-refractivity contribution in [3.8, 4) is 6.01 Å². The van der Waals surface area contributed by atoms with Gasteiger partial charge in [-0.2, -0.15) is 9.97 Å². The SMILES string of the molecule is CC(C)(c1ccccc1)N1C2C=CC1CN(c1nc(OC[C@@]34CCCN3C/C(=C/F)C4)nc3c(F)c(Br)c(F)cc13)C2. The first-order valence-corrected chi connectivity index (χ1v) is 15.3. The van der Waals surface area contributed by atoms with Crippen molar-refractivity contribution in [2.45, 2.75) is 56.3 Å². The van der Waals surface area contributed by atoms with Crippen molar-refractivity contribution in [3.05, 3.63) is 82.1 Å². The van der Waals surface area contributed by atoms with Crippen LogP contribution < -0.4 is 9.64 Å². The lowest BCUT2D eigenvalue weighted by atomic mass is 9.89. The molecule has 42 heavy (non-hydrogen) atoms. The highest BCUT2D eigenvalue weighted by molar-refractivity contribution is 9.10. The zero-order chi connectivity index (χ0) is 29.2. The second-order valence-corrected chi connectivity index (χ2v) is 13.2. The van der Waals surface area contributed by atoms with Gasteiger partial charge in [0.15, 0.2) is 5.82 Å². The molecule has 0 amide bonds. The van der Waals surface area contributed by atoms with Crippen molar-refractivity contribution in [2.24, 2.45) is 0 Å². The summed E-state index contributed by atoms with van der Waals surface area (Å²) in [5.41, 5.74) is 1.44. The van der Waals surface area contributed by atoms with Gasteiger partial charge in [0.2, 0.25) is 0 Å². The van der Waals surface area contributed by atoms with Crippen LogP contribution in [0.4, 0.5) is 19.0 Å². The molecule has 3 fully saturated rings. The van der Waals surface area contributed by atoms with Crippen molar-refractivity contribution in [3.63, 3.8) is 0 Å². The zero-order valence-corrected chi connectivity index (χ0v) is 25.2. The first kappa shape index (κ1) is 27.9. The molecule has 2 unspecified atom stereocenters. The monoisotopic (exact) mass is 639 g/mol. The lowest BCUT2D eigenvalue weighted by molar-refractivity contribution is 0.0590. The molecule has 3 atom stereocenters. The Morgan fingerprint density at radius 3 is 2.57 bits per heavy atom. The van der Waals surface area contributed by atoms with E-state index in [0.29, 0.717) is 43.6 Å². The third kappa shape index (κ3) is 4.45. The van der Waals surface area contributed by atoms with Gasteiger partial charge in [0.05, 0.1) is 16.3 Å². The van der Waals surface area contributed by atoms with Gasteiger partial charge in [-0.05, 0) is 72.8 Å². The minimum atomic E-state index is -0.785. The molecule has 7 rings (SSSR count). The highest BCUT2D eigenvalue weighted by atomic mass is 79.9. The quantitative estimate of drug-likeness (QED) is 0.226. The van der Waals surface area contributed by atoms with E-state index in [1.54, 1.807) is 0 Å². The average Bonchev–Trinajstić information content (AvgIpc) is 3.63. The fourth-order valence-corrected chi connectivity index (χ4v) is 7.90. The number of benzene rings is 2. The lowest BCUT2D eigenvalue weighted by Gasteiger charge is -2.50. The Hall–Kier alpha value is -2.95. The van der Waals surface area contributed by atoms with Crippen molar-refractivity contribution in [1.29, 1.82) is 0 Å². The molecule has 4 aliphatic heterocycles. The molecule has 3 saturated heterocycles. The van der Waals surface area contributed by atoms with Crippen LogP contribution in [0.15, 0.2) is 64.9 Å². The van der Waals surface area contributed by atoms with Crippen LogP contribution in [0.25, 0.3) is 10.9 Å². The molecular formula is C32H33BrF3N5O. The number of hydrogen-bond acceptors (Lipinski definition) is 6. The van der Waals surface area contributed by atoms with E-state index in [1.807, 2.05) is 6.07 Å². The molecule has 0 aliphatic carbocycles. The smallest absolute Gasteiger partial charge is 0.319 e. The lowest BCUT2D eigenvalue weighted by Crippen LogP contribution is -2.60. The van der Waals surface area contributed by atoms with E-state index in [4.69, 9.17) is 9.72 Å². The Kier molecular flexibility index (Phi) is 6.86. The minimum absolute atomic E-state index is 0.00664. The molecule has 1 aromatic heterocycles. The molecule has 2 aromatic carbocycles. The molecule has 0 N–H and O–H groups in total. The predicted octanol–water partition coefficient (Wildman–Crippen LogP) is 6.51. The minimum Gasteiger partial charge on any atom is -0.461 e. The molecule has 0 spiro atoms. The number of aromatic nitrogens is 2. The standard InChI is InChI=1S/C32H33BrF3N5O/c1-31(2,21-7-4-3-5-8-21)41-22-9-10-23(41)18-39(17-22)29-24-13-25(35)26(33)27(36)28(24)37-30(38-29)42-19-32-11-6-12-40(32)16-20(14-32)15-34/h3-5,7-10,13,15,22-23H,6,11-12,14,16-19H2,1-2H3/b20-15+/t22?,23?,32-/m0/s1. The van der Waals surface area contributed by atoms with Crippen LogP contribution in [-0.2, 0) is 5.54 Å². The first-order valence-electron chi connectivity index (χ1n) is 14.5. The Labute approximate surface area is 252 Å². The number of ether oxygens (including phenoxy) is 1. The van der Waals surface area contributed by atoms with E-state index in [1.165, 1.54) is 11.6 Å². The summed E-state index contributed by atoms with van der Waals surface area (Å²) < 4.78 is 49.7. The topological polar surface area (TPSA) is 44.7 Å². The number of hydrogen-bond donors (Lipinski definition) is 0. The summed E-state index contributed by atoms with van der Waals surface area (Å²) in [6.07, 6.45) is 7.61. The van der Waals surface area contributed by atoms with Crippen molar-refractivity contribution >= 4 is 32.7 Å². The van der Waals surface area contributed by atoms with Crippen LogP contribution in [0.1, 0.15) is 38.7 Å². The summed E-state index contributed by atoms with van der Waals surface area (Å²) in [6, 6.07) is 11.9. The van der Waals surface area contributed by atoms with E-state index in [9.17, 15) is 8.78 Å². The van der Waals surface area contributed by atoms with Crippen LogP contribution in [0.5, 0.6) is 6.01 Å². The van der Waals surface area contributed by atoms with Crippen LogP contribution in [0.2, 0.25) is 0 Å². The molecule has 3 aromatic rings. The number of rotatable bonds is 6. The Balaban J connectivity index is 1.22. The van der Waals surface area contributed by atoms with Gasteiger partial charge in [0.25, 0.3) is 0 Å². The van der Waals surface area contributed by atoms with E-state index in [2.05, 4.69) is 85.9 Å². The number of halogens is 4. The largest absolute Gasteiger partial charge is 0.461 e. The predicted molar refractivity (Wildman–Crippen MR) is 160 cm³/mol. The highest BCUT2D eigenvalue weighted by Crippen LogP contribution is 2.43. The van der Waals surface area contributed by atoms with Crippen LogP contribution in [0, 0.1) is 11.6 Å². The summed E-state index contributed by atoms with van der Waals surface area (Å²) in [5.74, 6) is -1.04. The molecule has 6 nitrogen and oxygen atoms in total. The van der Waals surface area contributed by atoms with E-state index in [0.717, 1.165) is 25.0 Å². The number of piperazine rings is 1. The van der Waals surface area contributed by atoms with Crippen LogP contribution in [-0.4, -0.2) is 70.2 Å². The Morgan fingerprint density at radius 2 is 1.86 bits per heavy atom. The number of anilines is 1. The summed E-state index contributed by atoms with van der Waals surface area (Å²) in [7, 11) is 0. The van der Waals surface area contributed by atoms with Gasteiger partial charge in [-0.3, -0.25) is 9.80 Å². The summed E-state index contributed by atoms with van der Waals surface area (Å²) in [4.78, 5) is 16.1. The van der Waals surface area contributed by atoms with Crippen LogP contribution in [0.3, 0.4) is 0 Å². The number of fused-ring (bicyclic) bond motifs is 4. The molecule has 220 valence electrons. The maximum absolute atomic E-state index is 15.5. The third-order valence-electron chi connectivity index (χ3n) is 9.61. The Morgan fingerprint density at radius 1 is 1.12 bits per heavy atom.